The Bertz CT molecular complexity index is 452. The summed E-state index contributed by atoms with van der Waals surface area (Å²) in [5, 5.41) is 0.787. The number of hydrogen-bond acceptors (Lipinski definition) is 0. The molecule has 0 heterocycles. The minimum absolute atomic E-state index is 0.787. The maximum atomic E-state index is 6.10. The Morgan fingerprint density at radius 1 is 1.14 bits per heavy atom. The maximum absolute atomic E-state index is 6.10. The van der Waals surface area contributed by atoms with Crippen molar-refractivity contribution in [3.05, 3.63) is 57.1 Å². The Kier molecular flexibility index (Phi) is 3.08. The Labute approximate surface area is 102 Å². The highest BCUT2D eigenvalue weighted by molar-refractivity contribution is 14.1. The highest BCUT2D eigenvalue weighted by Gasteiger charge is 2.01. The smallest absolute Gasteiger partial charge is 0.0484 e. The Balaban J connectivity index is 2.55. The molecule has 0 bridgehead atoms. The molecule has 0 N–H and O–H groups in total. The molecule has 14 heavy (non-hydrogen) atoms. The molecule has 0 aliphatic carbocycles. The van der Waals surface area contributed by atoms with E-state index in [9.17, 15) is 0 Å². The second-order valence-corrected chi connectivity index (χ2v) is 4.47. The van der Waals surface area contributed by atoms with E-state index in [4.69, 9.17) is 11.6 Å². The van der Waals surface area contributed by atoms with Crippen molar-refractivity contribution in [2.24, 2.45) is 0 Å². The lowest BCUT2D eigenvalue weighted by Gasteiger charge is -2.03. The molecule has 2 aromatic rings. The standard InChI is InChI=1S/C12H7ClI/c13-12-7-2-1-6-11(12)9-4-3-5-10(14)8-9/h1-4,6-8H. The second-order valence-electron chi connectivity index (χ2n) is 2.91. The molecule has 69 valence electrons. The SMILES string of the molecule is Clc1ccccc1-c1cc[c]c(I)c1. The third-order valence-corrected chi connectivity index (χ3v) is 2.90. The number of hydrogen-bond donors (Lipinski definition) is 0. The molecule has 2 aromatic carbocycles. The van der Waals surface area contributed by atoms with Gasteiger partial charge in [0.15, 0.2) is 0 Å². The molecule has 0 unspecified atom stereocenters. The largest absolute Gasteiger partial charge is 0.0837 e. The van der Waals surface area contributed by atoms with E-state index in [2.05, 4.69) is 34.7 Å². The first kappa shape index (κ1) is 9.99. The van der Waals surface area contributed by atoms with E-state index in [1.54, 1.807) is 0 Å². The Hall–Kier alpha value is -0.540. The Morgan fingerprint density at radius 2 is 1.93 bits per heavy atom. The summed E-state index contributed by atoms with van der Waals surface area (Å²) in [6.07, 6.45) is 0. The summed E-state index contributed by atoms with van der Waals surface area (Å²) < 4.78 is 1.10. The zero-order chi connectivity index (χ0) is 9.97. The fourth-order valence-corrected chi connectivity index (χ4v) is 2.06. The van der Waals surface area contributed by atoms with E-state index in [0.29, 0.717) is 0 Å². The van der Waals surface area contributed by atoms with Crippen LogP contribution in [0.4, 0.5) is 0 Å². The average Bonchev–Trinajstić information content (AvgIpc) is 2.18. The van der Waals surface area contributed by atoms with Crippen LogP contribution in [0.2, 0.25) is 5.02 Å². The molecule has 0 saturated heterocycles. The van der Waals surface area contributed by atoms with Crippen LogP contribution in [-0.4, -0.2) is 0 Å². The van der Waals surface area contributed by atoms with E-state index in [1.807, 2.05) is 36.4 Å². The van der Waals surface area contributed by atoms with Crippen LogP contribution in [0.5, 0.6) is 0 Å². The van der Waals surface area contributed by atoms with Crippen LogP contribution in [-0.2, 0) is 0 Å². The minimum Gasteiger partial charge on any atom is -0.0837 e. The zero-order valence-corrected chi connectivity index (χ0v) is 10.2. The van der Waals surface area contributed by atoms with Crippen molar-refractivity contribution >= 4 is 34.2 Å². The van der Waals surface area contributed by atoms with Crippen molar-refractivity contribution in [1.82, 2.24) is 0 Å². The number of benzene rings is 2. The van der Waals surface area contributed by atoms with Gasteiger partial charge in [0.2, 0.25) is 0 Å². The van der Waals surface area contributed by atoms with Crippen molar-refractivity contribution < 1.29 is 0 Å². The van der Waals surface area contributed by atoms with Gasteiger partial charge < -0.3 is 0 Å². The maximum Gasteiger partial charge on any atom is 0.0484 e. The first-order chi connectivity index (χ1) is 6.77. The summed E-state index contributed by atoms with van der Waals surface area (Å²) in [7, 11) is 0. The highest BCUT2D eigenvalue weighted by atomic mass is 127. The van der Waals surface area contributed by atoms with Crippen molar-refractivity contribution in [3.63, 3.8) is 0 Å². The molecular weight excluding hydrogens is 306 g/mol. The van der Waals surface area contributed by atoms with E-state index in [0.717, 1.165) is 19.7 Å². The van der Waals surface area contributed by atoms with Crippen LogP contribution in [0.1, 0.15) is 0 Å². The van der Waals surface area contributed by atoms with Gasteiger partial charge in [-0.1, -0.05) is 41.9 Å². The lowest BCUT2D eigenvalue weighted by molar-refractivity contribution is 1.58. The average molecular weight is 314 g/mol. The summed E-state index contributed by atoms with van der Waals surface area (Å²) in [4.78, 5) is 0. The van der Waals surface area contributed by atoms with Gasteiger partial charge in [-0.25, -0.2) is 0 Å². The van der Waals surface area contributed by atoms with Gasteiger partial charge in [0.1, 0.15) is 0 Å². The summed E-state index contributed by atoms with van der Waals surface area (Å²) in [5.41, 5.74) is 2.21. The lowest BCUT2D eigenvalue weighted by atomic mass is 10.1. The Morgan fingerprint density at radius 3 is 2.64 bits per heavy atom. The summed E-state index contributed by atoms with van der Waals surface area (Å²) in [6, 6.07) is 17.0. The molecule has 0 amide bonds. The minimum atomic E-state index is 0.787. The van der Waals surface area contributed by atoms with Crippen molar-refractivity contribution in [2.45, 2.75) is 0 Å². The third-order valence-electron chi connectivity index (χ3n) is 1.95. The molecule has 0 atom stereocenters. The van der Waals surface area contributed by atoms with Gasteiger partial charge in [0, 0.05) is 14.2 Å². The van der Waals surface area contributed by atoms with E-state index >= 15 is 0 Å². The van der Waals surface area contributed by atoms with Crippen LogP contribution < -0.4 is 0 Å². The van der Waals surface area contributed by atoms with Gasteiger partial charge in [-0.15, -0.1) is 0 Å². The van der Waals surface area contributed by atoms with Crippen molar-refractivity contribution in [3.8, 4) is 11.1 Å². The van der Waals surface area contributed by atoms with Gasteiger partial charge in [-0.05, 0) is 46.4 Å². The first-order valence-corrected chi connectivity index (χ1v) is 5.65. The molecule has 2 rings (SSSR count). The second kappa shape index (κ2) is 4.32. The predicted molar refractivity (Wildman–Crippen MR) is 68.4 cm³/mol. The molecule has 0 fully saturated rings. The van der Waals surface area contributed by atoms with Gasteiger partial charge in [0.25, 0.3) is 0 Å². The molecular formula is C12H7ClI. The summed E-state index contributed by atoms with van der Waals surface area (Å²) in [6.45, 7) is 0. The molecule has 2 heteroatoms. The van der Waals surface area contributed by atoms with Crippen LogP contribution >= 0.6 is 34.2 Å². The monoisotopic (exact) mass is 313 g/mol. The van der Waals surface area contributed by atoms with Gasteiger partial charge >= 0.3 is 0 Å². The fourth-order valence-electron chi connectivity index (χ4n) is 1.30. The van der Waals surface area contributed by atoms with E-state index in [1.165, 1.54) is 0 Å². The van der Waals surface area contributed by atoms with Crippen LogP contribution in [0.15, 0.2) is 42.5 Å². The molecule has 0 aromatic heterocycles. The normalized spacial score (nSPS) is 10.1. The van der Waals surface area contributed by atoms with E-state index < -0.39 is 0 Å². The molecule has 0 nitrogen and oxygen atoms in total. The predicted octanol–water partition coefficient (Wildman–Crippen LogP) is 4.41. The highest BCUT2D eigenvalue weighted by Crippen LogP contribution is 2.27. The van der Waals surface area contributed by atoms with Crippen LogP contribution in [0.3, 0.4) is 0 Å². The topological polar surface area (TPSA) is 0 Å². The zero-order valence-electron chi connectivity index (χ0n) is 7.30. The van der Waals surface area contributed by atoms with Crippen LogP contribution in [0.25, 0.3) is 11.1 Å². The lowest BCUT2D eigenvalue weighted by Crippen LogP contribution is -1.80. The van der Waals surface area contributed by atoms with Crippen LogP contribution in [0, 0.1) is 9.64 Å². The molecule has 1 radical (unpaired) electrons. The molecule has 0 aliphatic heterocycles. The first-order valence-electron chi connectivity index (χ1n) is 4.19. The quantitative estimate of drug-likeness (QED) is 0.684. The summed E-state index contributed by atoms with van der Waals surface area (Å²) in [5.74, 6) is 0. The summed E-state index contributed by atoms with van der Waals surface area (Å²) >= 11 is 8.34. The third kappa shape index (κ3) is 2.10. The van der Waals surface area contributed by atoms with Crippen molar-refractivity contribution in [1.29, 1.82) is 0 Å². The fraction of sp³-hybridized carbons (Fsp3) is 0. The molecule has 0 spiro atoms. The number of rotatable bonds is 1. The van der Waals surface area contributed by atoms with Crippen molar-refractivity contribution in [2.75, 3.05) is 0 Å². The van der Waals surface area contributed by atoms with Gasteiger partial charge in [0.05, 0.1) is 0 Å². The number of halogens is 2. The van der Waals surface area contributed by atoms with Gasteiger partial charge in [-0.2, -0.15) is 0 Å². The van der Waals surface area contributed by atoms with Gasteiger partial charge in [-0.3, -0.25) is 0 Å². The molecule has 0 aliphatic rings. The molecule has 0 saturated carbocycles. The van der Waals surface area contributed by atoms with E-state index in [-0.39, 0.29) is 0 Å².